The first kappa shape index (κ1) is 14.9. The summed E-state index contributed by atoms with van der Waals surface area (Å²) in [5, 5.41) is 10.8. The number of nitrogens with zero attached hydrogens (tertiary/aromatic N) is 2. The first-order valence-electron chi connectivity index (χ1n) is 6.19. The molecule has 0 aliphatic heterocycles. The lowest BCUT2D eigenvalue weighted by Crippen LogP contribution is -2.17. The lowest BCUT2D eigenvalue weighted by Gasteiger charge is -2.21. The summed E-state index contributed by atoms with van der Waals surface area (Å²) in [5.41, 5.74) is 3.73. The zero-order valence-electron chi connectivity index (χ0n) is 11.1. The van der Waals surface area contributed by atoms with Crippen LogP contribution >= 0.6 is 27.5 Å². The molecular weight excluding hydrogens is 336 g/mol. The van der Waals surface area contributed by atoms with E-state index in [2.05, 4.69) is 22.0 Å². The van der Waals surface area contributed by atoms with Crippen molar-refractivity contribution in [3.05, 3.63) is 64.2 Å². The number of hydrogen-bond acceptors (Lipinski definition) is 2. The average Bonchev–Trinajstić information content (AvgIpc) is 2.48. The van der Waals surface area contributed by atoms with Gasteiger partial charge in [-0.1, -0.05) is 51.8 Å². The number of rotatable bonds is 4. The standard InChI is InChI=1S/C16H14BrClN2/c1-20(11-13-4-2-3-5-15(13)18)16-7-6-12(9-17)8-14(16)10-19/h2-8H,9,11H2,1H3. The molecular formula is C16H14BrClN2. The van der Waals surface area contributed by atoms with E-state index in [1.807, 2.05) is 54.4 Å². The number of alkyl halides is 1. The van der Waals surface area contributed by atoms with Gasteiger partial charge in [0.05, 0.1) is 11.3 Å². The molecule has 0 bridgehead atoms. The quantitative estimate of drug-likeness (QED) is 0.745. The fraction of sp³-hybridized carbons (Fsp3) is 0.188. The summed E-state index contributed by atoms with van der Waals surface area (Å²) in [4.78, 5) is 2.04. The van der Waals surface area contributed by atoms with Gasteiger partial charge in [-0.2, -0.15) is 5.26 Å². The molecule has 2 aromatic carbocycles. The van der Waals surface area contributed by atoms with E-state index in [-0.39, 0.29) is 0 Å². The molecule has 0 N–H and O–H groups in total. The number of hydrogen-bond donors (Lipinski definition) is 0. The second-order valence-electron chi connectivity index (χ2n) is 4.54. The Hall–Kier alpha value is -1.50. The van der Waals surface area contributed by atoms with Crippen LogP contribution in [-0.2, 0) is 11.9 Å². The van der Waals surface area contributed by atoms with Crippen molar-refractivity contribution in [2.24, 2.45) is 0 Å². The molecule has 0 radical (unpaired) electrons. The van der Waals surface area contributed by atoms with Crippen LogP contribution in [0.3, 0.4) is 0 Å². The van der Waals surface area contributed by atoms with Gasteiger partial charge < -0.3 is 4.90 Å². The molecule has 0 atom stereocenters. The third-order valence-electron chi connectivity index (χ3n) is 3.11. The van der Waals surface area contributed by atoms with Gasteiger partial charge in [0.25, 0.3) is 0 Å². The largest absolute Gasteiger partial charge is 0.369 e. The molecule has 2 nitrogen and oxygen atoms in total. The topological polar surface area (TPSA) is 27.0 Å². The summed E-state index contributed by atoms with van der Waals surface area (Å²) < 4.78 is 0. The van der Waals surface area contributed by atoms with E-state index in [0.717, 1.165) is 27.2 Å². The summed E-state index contributed by atoms with van der Waals surface area (Å²) in [5.74, 6) is 0. The molecule has 0 unspecified atom stereocenters. The van der Waals surface area contributed by atoms with Crippen LogP contribution in [0.4, 0.5) is 5.69 Å². The first-order chi connectivity index (χ1) is 9.65. The maximum Gasteiger partial charge on any atom is 0.101 e. The molecule has 2 aromatic rings. The van der Waals surface area contributed by atoms with Crippen molar-refractivity contribution in [3.63, 3.8) is 0 Å². The SMILES string of the molecule is CN(Cc1ccccc1Cl)c1ccc(CBr)cc1C#N. The lowest BCUT2D eigenvalue weighted by molar-refractivity contribution is 0.920. The van der Waals surface area contributed by atoms with Gasteiger partial charge >= 0.3 is 0 Å². The Balaban J connectivity index is 2.28. The Morgan fingerprint density at radius 3 is 2.65 bits per heavy atom. The van der Waals surface area contributed by atoms with Gasteiger partial charge in [0.2, 0.25) is 0 Å². The van der Waals surface area contributed by atoms with Gasteiger partial charge in [0.1, 0.15) is 6.07 Å². The van der Waals surface area contributed by atoms with Crippen LogP contribution in [0.15, 0.2) is 42.5 Å². The molecule has 0 aliphatic rings. The Morgan fingerprint density at radius 1 is 1.25 bits per heavy atom. The van der Waals surface area contributed by atoms with E-state index in [4.69, 9.17) is 11.6 Å². The second kappa shape index (κ2) is 6.78. The molecule has 0 saturated carbocycles. The molecule has 0 saturated heterocycles. The molecule has 0 aliphatic carbocycles. The zero-order valence-corrected chi connectivity index (χ0v) is 13.4. The number of halogens is 2. The molecule has 0 heterocycles. The summed E-state index contributed by atoms with van der Waals surface area (Å²) >= 11 is 9.58. The van der Waals surface area contributed by atoms with Crippen LogP contribution in [0.25, 0.3) is 0 Å². The van der Waals surface area contributed by atoms with E-state index in [0.29, 0.717) is 12.1 Å². The third-order valence-corrected chi connectivity index (χ3v) is 4.13. The van der Waals surface area contributed by atoms with E-state index < -0.39 is 0 Å². The highest BCUT2D eigenvalue weighted by Gasteiger charge is 2.10. The van der Waals surface area contributed by atoms with Crippen LogP contribution in [0.1, 0.15) is 16.7 Å². The Bertz CT molecular complexity index is 649. The Kier molecular flexibility index (Phi) is 5.05. The number of benzene rings is 2. The normalized spacial score (nSPS) is 10.1. The average molecular weight is 350 g/mol. The minimum Gasteiger partial charge on any atom is -0.369 e. The molecule has 0 fully saturated rings. The zero-order chi connectivity index (χ0) is 14.5. The van der Waals surface area contributed by atoms with Crippen LogP contribution < -0.4 is 4.90 Å². The molecule has 4 heteroatoms. The highest BCUT2D eigenvalue weighted by molar-refractivity contribution is 9.08. The van der Waals surface area contributed by atoms with Crippen molar-refractivity contribution in [2.75, 3.05) is 11.9 Å². The molecule has 0 spiro atoms. The van der Waals surface area contributed by atoms with Crippen molar-refractivity contribution in [3.8, 4) is 6.07 Å². The van der Waals surface area contributed by atoms with E-state index in [9.17, 15) is 5.26 Å². The van der Waals surface area contributed by atoms with Crippen LogP contribution in [-0.4, -0.2) is 7.05 Å². The van der Waals surface area contributed by atoms with Gasteiger partial charge in [-0.3, -0.25) is 0 Å². The van der Waals surface area contributed by atoms with Gasteiger partial charge in [-0.25, -0.2) is 0 Å². The monoisotopic (exact) mass is 348 g/mol. The van der Waals surface area contributed by atoms with Gasteiger partial charge in [-0.05, 0) is 29.3 Å². The maximum absolute atomic E-state index is 9.29. The predicted molar refractivity (Wildman–Crippen MR) is 87.3 cm³/mol. The second-order valence-corrected chi connectivity index (χ2v) is 5.51. The molecule has 102 valence electrons. The van der Waals surface area contributed by atoms with Crippen molar-refractivity contribution in [1.29, 1.82) is 5.26 Å². The van der Waals surface area contributed by atoms with Crippen LogP contribution in [0.2, 0.25) is 5.02 Å². The van der Waals surface area contributed by atoms with Crippen LogP contribution in [0, 0.1) is 11.3 Å². The van der Waals surface area contributed by atoms with E-state index in [1.165, 1.54) is 0 Å². The fourth-order valence-electron chi connectivity index (χ4n) is 2.06. The van der Waals surface area contributed by atoms with Gasteiger partial charge in [-0.15, -0.1) is 0 Å². The van der Waals surface area contributed by atoms with Crippen molar-refractivity contribution < 1.29 is 0 Å². The molecule has 2 rings (SSSR count). The summed E-state index contributed by atoms with van der Waals surface area (Å²) in [7, 11) is 1.97. The minimum absolute atomic E-state index is 0.669. The molecule has 0 amide bonds. The maximum atomic E-state index is 9.29. The van der Waals surface area contributed by atoms with E-state index in [1.54, 1.807) is 0 Å². The molecule has 0 aromatic heterocycles. The smallest absolute Gasteiger partial charge is 0.101 e. The first-order valence-corrected chi connectivity index (χ1v) is 7.69. The third kappa shape index (κ3) is 3.33. The predicted octanol–water partition coefficient (Wildman–Crippen LogP) is 4.74. The Labute approximate surface area is 132 Å². The highest BCUT2D eigenvalue weighted by Crippen LogP contribution is 2.25. The van der Waals surface area contributed by atoms with Crippen LogP contribution in [0.5, 0.6) is 0 Å². The van der Waals surface area contributed by atoms with E-state index >= 15 is 0 Å². The number of anilines is 1. The minimum atomic E-state index is 0.669. The summed E-state index contributed by atoms with van der Waals surface area (Å²) in [6.07, 6.45) is 0. The van der Waals surface area contributed by atoms with Crippen molar-refractivity contribution in [1.82, 2.24) is 0 Å². The fourth-order valence-corrected chi connectivity index (χ4v) is 2.60. The van der Waals surface area contributed by atoms with Crippen molar-refractivity contribution in [2.45, 2.75) is 11.9 Å². The van der Waals surface area contributed by atoms with Crippen molar-refractivity contribution >= 4 is 33.2 Å². The Morgan fingerprint density at radius 2 is 2.00 bits per heavy atom. The van der Waals surface area contributed by atoms with Gasteiger partial charge in [0.15, 0.2) is 0 Å². The number of nitriles is 1. The lowest BCUT2D eigenvalue weighted by atomic mass is 10.1. The molecule has 20 heavy (non-hydrogen) atoms. The van der Waals surface area contributed by atoms with Gasteiger partial charge in [0, 0.05) is 23.9 Å². The highest BCUT2D eigenvalue weighted by atomic mass is 79.9. The summed E-state index contributed by atoms with van der Waals surface area (Å²) in [6, 6.07) is 15.9. The summed E-state index contributed by atoms with van der Waals surface area (Å²) in [6.45, 7) is 0.669.